The van der Waals surface area contributed by atoms with Gasteiger partial charge in [0, 0.05) is 21.4 Å². The van der Waals surface area contributed by atoms with Gasteiger partial charge in [-0.2, -0.15) is 0 Å². The van der Waals surface area contributed by atoms with Crippen LogP contribution in [0.5, 0.6) is 11.5 Å². The van der Waals surface area contributed by atoms with E-state index in [4.69, 9.17) is 4.74 Å². The van der Waals surface area contributed by atoms with E-state index in [1.54, 1.807) is 30.7 Å². The van der Waals surface area contributed by atoms with E-state index in [9.17, 15) is 5.11 Å². The van der Waals surface area contributed by atoms with Gasteiger partial charge >= 0.3 is 0 Å². The molecule has 1 N–H and O–H groups in total. The van der Waals surface area contributed by atoms with Gasteiger partial charge in [0.1, 0.15) is 0 Å². The Morgan fingerprint density at radius 2 is 2.21 bits per heavy atom. The largest absolute Gasteiger partial charge is 0.504 e. The molecule has 0 unspecified atom stereocenters. The Bertz CT molecular complexity index is 616. The fraction of sp³-hybridized carbons (Fsp3) is 0.0769. The molecule has 0 spiro atoms. The number of hydrogen-bond donors (Lipinski definition) is 1. The summed E-state index contributed by atoms with van der Waals surface area (Å²) in [5.41, 5.74) is 1.24. The average Bonchev–Trinajstić information content (AvgIpc) is 2.44. The highest BCUT2D eigenvalue weighted by atomic mass is 79.9. The highest BCUT2D eigenvalue weighted by Crippen LogP contribution is 2.39. The summed E-state index contributed by atoms with van der Waals surface area (Å²) >= 11 is 6.78. The number of pyridine rings is 1. The molecule has 98 valence electrons. The maximum Gasteiger partial charge on any atom is 0.167 e. The lowest BCUT2D eigenvalue weighted by molar-refractivity contribution is 0.372. The van der Waals surface area contributed by atoms with Gasteiger partial charge in [-0.25, -0.2) is 0 Å². The van der Waals surface area contributed by atoms with Crippen molar-refractivity contribution in [2.24, 2.45) is 4.99 Å². The van der Waals surface area contributed by atoms with Gasteiger partial charge in [-0.15, -0.1) is 0 Å². The zero-order chi connectivity index (χ0) is 13.8. The standard InChI is InChI=1S/C13H10Br2N2O2/c1-19-11-5-10(14)12(15)9(13(11)18)7-17-8-3-2-4-16-6-8/h2-7,18H,1H3. The number of aliphatic imine (C=N–C) groups is 1. The third-order valence-corrected chi connectivity index (χ3v) is 4.41. The molecule has 0 aliphatic rings. The first-order valence-corrected chi connectivity index (χ1v) is 6.91. The van der Waals surface area contributed by atoms with Crippen LogP contribution in [-0.2, 0) is 0 Å². The van der Waals surface area contributed by atoms with Crippen LogP contribution in [-0.4, -0.2) is 23.4 Å². The number of nitrogens with zero attached hydrogens (tertiary/aromatic N) is 2. The molecule has 1 heterocycles. The van der Waals surface area contributed by atoms with Crippen LogP contribution in [0.25, 0.3) is 0 Å². The number of phenolic OH excluding ortho intramolecular Hbond substituents is 1. The first-order valence-electron chi connectivity index (χ1n) is 5.32. The van der Waals surface area contributed by atoms with Gasteiger partial charge in [0.15, 0.2) is 11.5 Å². The number of benzene rings is 1. The lowest BCUT2D eigenvalue weighted by atomic mass is 10.2. The quantitative estimate of drug-likeness (QED) is 0.810. The first-order chi connectivity index (χ1) is 9.13. The fourth-order valence-corrected chi connectivity index (χ4v) is 2.28. The monoisotopic (exact) mass is 384 g/mol. The molecule has 4 nitrogen and oxygen atoms in total. The molecular formula is C13H10Br2N2O2. The Morgan fingerprint density at radius 3 is 2.84 bits per heavy atom. The molecule has 0 aliphatic carbocycles. The van der Waals surface area contributed by atoms with E-state index < -0.39 is 0 Å². The number of aromatic hydroxyl groups is 1. The summed E-state index contributed by atoms with van der Waals surface area (Å²) in [5.74, 6) is 0.410. The Labute approximate surface area is 127 Å². The minimum absolute atomic E-state index is 0.0326. The number of methoxy groups -OCH3 is 1. The summed E-state index contributed by atoms with van der Waals surface area (Å²) in [6.07, 6.45) is 4.87. The van der Waals surface area contributed by atoms with E-state index in [2.05, 4.69) is 41.8 Å². The minimum Gasteiger partial charge on any atom is -0.504 e. The second-order valence-electron chi connectivity index (χ2n) is 3.61. The summed E-state index contributed by atoms with van der Waals surface area (Å²) in [4.78, 5) is 8.23. The molecule has 0 atom stereocenters. The van der Waals surface area contributed by atoms with Crippen molar-refractivity contribution in [2.45, 2.75) is 0 Å². The molecule has 1 aromatic heterocycles. The van der Waals surface area contributed by atoms with Crippen molar-refractivity contribution < 1.29 is 9.84 Å². The Kier molecular flexibility index (Phi) is 4.55. The van der Waals surface area contributed by atoms with Crippen LogP contribution in [0.1, 0.15) is 5.56 Å². The van der Waals surface area contributed by atoms with Gasteiger partial charge in [-0.1, -0.05) is 0 Å². The normalized spacial score (nSPS) is 10.9. The molecule has 0 aliphatic heterocycles. The molecule has 2 aromatic rings. The maximum absolute atomic E-state index is 10.1. The average molecular weight is 386 g/mol. The lowest BCUT2D eigenvalue weighted by Gasteiger charge is -2.09. The van der Waals surface area contributed by atoms with E-state index in [1.165, 1.54) is 7.11 Å². The molecule has 0 bridgehead atoms. The van der Waals surface area contributed by atoms with E-state index >= 15 is 0 Å². The summed E-state index contributed by atoms with van der Waals surface area (Å²) < 4.78 is 6.58. The Hall–Kier alpha value is -1.40. The van der Waals surface area contributed by atoms with Crippen LogP contribution in [0, 0.1) is 0 Å². The summed E-state index contributed by atoms with van der Waals surface area (Å²) in [5, 5.41) is 10.1. The highest BCUT2D eigenvalue weighted by molar-refractivity contribution is 9.13. The molecule has 0 radical (unpaired) electrons. The number of hydrogen-bond acceptors (Lipinski definition) is 4. The van der Waals surface area contributed by atoms with Crippen molar-refractivity contribution in [1.29, 1.82) is 0 Å². The van der Waals surface area contributed by atoms with Gasteiger partial charge in [0.05, 0.1) is 24.6 Å². The molecule has 6 heteroatoms. The van der Waals surface area contributed by atoms with E-state index in [0.29, 0.717) is 21.5 Å². The summed E-state index contributed by atoms with van der Waals surface area (Å²) in [6.45, 7) is 0. The van der Waals surface area contributed by atoms with Crippen molar-refractivity contribution >= 4 is 43.8 Å². The van der Waals surface area contributed by atoms with Gasteiger partial charge in [0.25, 0.3) is 0 Å². The van der Waals surface area contributed by atoms with Crippen molar-refractivity contribution in [1.82, 2.24) is 4.98 Å². The third-order valence-electron chi connectivity index (χ3n) is 2.40. The summed E-state index contributed by atoms with van der Waals surface area (Å²) in [7, 11) is 1.50. The predicted octanol–water partition coefficient (Wildman–Crippen LogP) is 4.07. The van der Waals surface area contributed by atoms with Crippen molar-refractivity contribution in [3.8, 4) is 11.5 Å². The van der Waals surface area contributed by atoms with E-state index in [0.717, 1.165) is 4.47 Å². The van der Waals surface area contributed by atoms with Crippen LogP contribution in [0.4, 0.5) is 5.69 Å². The second kappa shape index (κ2) is 6.16. The van der Waals surface area contributed by atoms with Gasteiger partial charge in [0.2, 0.25) is 0 Å². The smallest absolute Gasteiger partial charge is 0.167 e. The third kappa shape index (κ3) is 3.13. The van der Waals surface area contributed by atoms with Crippen LogP contribution in [0.3, 0.4) is 0 Å². The van der Waals surface area contributed by atoms with Crippen LogP contribution >= 0.6 is 31.9 Å². The maximum atomic E-state index is 10.1. The second-order valence-corrected chi connectivity index (χ2v) is 5.25. The molecule has 0 amide bonds. The number of halogens is 2. The molecule has 19 heavy (non-hydrogen) atoms. The number of aromatic nitrogens is 1. The zero-order valence-corrected chi connectivity index (χ0v) is 13.1. The molecule has 0 saturated heterocycles. The van der Waals surface area contributed by atoms with Crippen molar-refractivity contribution in [3.05, 3.63) is 45.1 Å². The van der Waals surface area contributed by atoms with E-state index in [-0.39, 0.29) is 5.75 Å². The van der Waals surface area contributed by atoms with Gasteiger partial charge in [-0.3, -0.25) is 9.98 Å². The summed E-state index contributed by atoms with van der Waals surface area (Å²) in [6, 6.07) is 5.30. The van der Waals surface area contributed by atoms with E-state index in [1.807, 2.05) is 6.07 Å². The topological polar surface area (TPSA) is 54.7 Å². The van der Waals surface area contributed by atoms with Crippen LogP contribution < -0.4 is 4.74 Å². The number of ether oxygens (including phenoxy) is 1. The minimum atomic E-state index is 0.0326. The first kappa shape index (κ1) is 14.0. The number of phenols is 1. The van der Waals surface area contributed by atoms with Gasteiger partial charge < -0.3 is 9.84 Å². The van der Waals surface area contributed by atoms with Crippen LogP contribution in [0.2, 0.25) is 0 Å². The highest BCUT2D eigenvalue weighted by Gasteiger charge is 2.14. The SMILES string of the molecule is COc1cc(Br)c(Br)c(C=Nc2cccnc2)c1O. The Morgan fingerprint density at radius 1 is 1.42 bits per heavy atom. The van der Waals surface area contributed by atoms with Gasteiger partial charge in [-0.05, 0) is 50.1 Å². The Balaban J connectivity index is 2.45. The number of rotatable bonds is 3. The van der Waals surface area contributed by atoms with Crippen LogP contribution in [0.15, 0.2) is 44.5 Å². The fourth-order valence-electron chi connectivity index (χ4n) is 1.45. The lowest BCUT2D eigenvalue weighted by Crippen LogP contribution is -1.91. The zero-order valence-electron chi connectivity index (χ0n) is 9.97. The predicted molar refractivity (Wildman–Crippen MR) is 81.5 cm³/mol. The van der Waals surface area contributed by atoms with Crippen molar-refractivity contribution in [2.75, 3.05) is 7.11 Å². The molecular weight excluding hydrogens is 376 g/mol. The molecule has 0 fully saturated rings. The molecule has 1 aromatic carbocycles. The molecule has 0 saturated carbocycles. The molecule has 2 rings (SSSR count). The van der Waals surface area contributed by atoms with Crippen molar-refractivity contribution in [3.63, 3.8) is 0 Å².